The Labute approximate surface area is 249 Å². The molecule has 0 radical (unpaired) electrons. The number of ether oxygens (including phenoxy) is 1. The van der Waals surface area contributed by atoms with Crippen molar-refractivity contribution in [3.63, 3.8) is 0 Å². The summed E-state index contributed by atoms with van der Waals surface area (Å²) >= 11 is 9.31. The number of amidine groups is 1. The second-order valence-electron chi connectivity index (χ2n) is 10.2. The Balaban J connectivity index is 0.000000194. The number of aromatic nitrogens is 2. The first-order valence-electron chi connectivity index (χ1n) is 13.9. The lowest BCUT2D eigenvalue weighted by molar-refractivity contribution is -0.144. The van der Waals surface area contributed by atoms with E-state index in [1.165, 1.54) is 10.6 Å². The van der Waals surface area contributed by atoms with E-state index < -0.39 is 0 Å². The molecule has 5 rings (SSSR count). The number of halogens is 1. The number of hydrogen-bond donors (Lipinski definition) is 2. The third-order valence-electron chi connectivity index (χ3n) is 7.34. The quantitative estimate of drug-likeness (QED) is 0.116. The molecule has 3 aromatic rings. The highest BCUT2D eigenvalue weighted by atomic mass is 35.5. The molecule has 1 fully saturated rings. The number of aliphatic imine (C=N–C) groups is 1. The lowest BCUT2D eigenvalue weighted by Gasteiger charge is -2.27. The van der Waals surface area contributed by atoms with Crippen LogP contribution in [0.3, 0.4) is 0 Å². The van der Waals surface area contributed by atoms with Crippen molar-refractivity contribution < 1.29 is 14.7 Å². The van der Waals surface area contributed by atoms with Gasteiger partial charge in [0.1, 0.15) is 10.8 Å². The topological polar surface area (TPSA) is 96.7 Å². The van der Waals surface area contributed by atoms with Crippen molar-refractivity contribution in [1.29, 1.82) is 0 Å². The molecule has 2 N–H and O–H groups in total. The standard InChI is InChI=1S/C17H20ClN3OS.C13H17NO2S/c18-14-5-7-15(8-6-14)20-16(21-22)11-12-1-3-13(4-2-12)17-19-9-10-23-17;1-2-16-12(15)9-10-3-5-11(6-4-10)13-14-7-8-17-13/h5-10,12-13,22H,1-4,11H2,(H,20,21);5,7-8,10H,2-4,6,9H2,1H3. The summed E-state index contributed by atoms with van der Waals surface area (Å²) in [4.78, 5) is 24.6. The van der Waals surface area contributed by atoms with E-state index in [0.717, 1.165) is 62.1 Å². The van der Waals surface area contributed by atoms with E-state index in [4.69, 9.17) is 16.3 Å². The number of allylic oxidation sites excluding steroid dienone is 2. The van der Waals surface area contributed by atoms with Gasteiger partial charge >= 0.3 is 5.97 Å². The van der Waals surface area contributed by atoms with Gasteiger partial charge in [-0.15, -0.1) is 22.7 Å². The van der Waals surface area contributed by atoms with Gasteiger partial charge in [-0.2, -0.15) is 0 Å². The van der Waals surface area contributed by atoms with Crippen molar-refractivity contribution in [3.05, 3.63) is 68.5 Å². The van der Waals surface area contributed by atoms with Gasteiger partial charge in [-0.3, -0.25) is 15.5 Å². The zero-order valence-corrected chi connectivity index (χ0v) is 25.2. The van der Waals surface area contributed by atoms with Crippen LogP contribution in [0.15, 0.2) is 58.5 Å². The Bertz CT molecular complexity index is 1220. The number of rotatable bonds is 8. The molecule has 2 heterocycles. The number of hydroxylamine groups is 1. The second kappa shape index (κ2) is 16.0. The lowest BCUT2D eigenvalue weighted by Crippen LogP contribution is -2.24. The minimum Gasteiger partial charge on any atom is -0.466 e. The Kier molecular flexibility index (Phi) is 12.2. The third kappa shape index (κ3) is 9.51. The van der Waals surface area contributed by atoms with Gasteiger partial charge in [-0.05, 0) is 93.5 Å². The molecule has 2 aliphatic carbocycles. The van der Waals surface area contributed by atoms with Crippen LogP contribution in [0.1, 0.15) is 80.6 Å². The van der Waals surface area contributed by atoms with Crippen LogP contribution in [0.5, 0.6) is 0 Å². The van der Waals surface area contributed by atoms with Gasteiger partial charge in [0.25, 0.3) is 0 Å². The molecule has 0 aliphatic heterocycles. The van der Waals surface area contributed by atoms with Crippen LogP contribution in [-0.4, -0.2) is 33.6 Å². The molecule has 2 aromatic heterocycles. The molecule has 7 nitrogen and oxygen atoms in total. The van der Waals surface area contributed by atoms with E-state index >= 15 is 0 Å². The molecule has 1 atom stereocenters. The van der Waals surface area contributed by atoms with E-state index in [1.807, 2.05) is 42.2 Å². The SMILES string of the molecule is CCOC(=O)CC1CC=C(c2nccs2)CC1.ONC(CC1CCC(c2nccs2)CC1)=Nc1ccc(Cl)cc1. The first kappa shape index (κ1) is 30.4. The van der Waals surface area contributed by atoms with Crippen molar-refractivity contribution in [2.75, 3.05) is 6.61 Å². The zero-order chi connectivity index (χ0) is 28.2. The van der Waals surface area contributed by atoms with E-state index in [9.17, 15) is 10.0 Å². The summed E-state index contributed by atoms with van der Waals surface area (Å²) in [6.45, 7) is 2.32. The minimum absolute atomic E-state index is 0.0661. The van der Waals surface area contributed by atoms with E-state index in [1.54, 1.807) is 34.8 Å². The molecule has 0 amide bonds. The van der Waals surface area contributed by atoms with E-state index in [0.29, 0.717) is 41.6 Å². The van der Waals surface area contributed by atoms with Gasteiger partial charge < -0.3 is 4.74 Å². The van der Waals surface area contributed by atoms with Crippen molar-refractivity contribution in [2.24, 2.45) is 16.8 Å². The molecule has 0 spiro atoms. The van der Waals surface area contributed by atoms with Crippen LogP contribution in [0, 0.1) is 11.8 Å². The third-order valence-corrected chi connectivity index (χ3v) is 9.38. The number of thiazole rings is 2. The number of nitrogens with one attached hydrogen (secondary N) is 1. The Morgan fingerprint density at radius 1 is 1.05 bits per heavy atom. The highest BCUT2D eigenvalue weighted by molar-refractivity contribution is 7.10. The molecule has 1 saturated carbocycles. The number of esters is 1. The van der Waals surface area contributed by atoms with Crippen LogP contribution >= 0.6 is 34.3 Å². The second-order valence-corrected chi connectivity index (χ2v) is 12.4. The number of benzene rings is 1. The van der Waals surface area contributed by atoms with Crippen molar-refractivity contribution in [1.82, 2.24) is 15.4 Å². The average Bonchev–Trinajstić information content (AvgIpc) is 3.71. The summed E-state index contributed by atoms with van der Waals surface area (Å²) in [6, 6.07) is 7.29. The van der Waals surface area contributed by atoms with Crippen LogP contribution in [0.4, 0.5) is 5.69 Å². The van der Waals surface area contributed by atoms with Crippen molar-refractivity contribution in [3.8, 4) is 0 Å². The maximum Gasteiger partial charge on any atom is 0.306 e. The minimum atomic E-state index is -0.0661. The Hall–Kier alpha value is -2.59. The Morgan fingerprint density at radius 2 is 1.80 bits per heavy atom. The van der Waals surface area contributed by atoms with Gasteiger partial charge in [0.2, 0.25) is 0 Å². The molecule has 0 saturated heterocycles. The van der Waals surface area contributed by atoms with Gasteiger partial charge in [0, 0.05) is 46.9 Å². The lowest BCUT2D eigenvalue weighted by atomic mass is 9.80. The summed E-state index contributed by atoms with van der Waals surface area (Å²) in [6.07, 6.45) is 14.9. The summed E-state index contributed by atoms with van der Waals surface area (Å²) in [7, 11) is 0. The van der Waals surface area contributed by atoms with Crippen molar-refractivity contribution in [2.45, 2.75) is 70.6 Å². The van der Waals surface area contributed by atoms with Crippen LogP contribution < -0.4 is 5.48 Å². The maximum absolute atomic E-state index is 11.4. The number of nitrogens with zero attached hydrogens (tertiary/aromatic N) is 3. The van der Waals surface area contributed by atoms with Gasteiger partial charge in [-0.25, -0.2) is 15.0 Å². The summed E-state index contributed by atoms with van der Waals surface area (Å²) in [5.74, 6) is 2.15. The number of carbonyl (C=O) groups is 1. The van der Waals surface area contributed by atoms with Crippen LogP contribution in [0.2, 0.25) is 5.02 Å². The molecular formula is C30H37ClN4O3S2. The van der Waals surface area contributed by atoms with E-state index in [2.05, 4.69) is 26.5 Å². The maximum atomic E-state index is 11.4. The fraction of sp³-hybridized carbons (Fsp3) is 0.467. The first-order valence-corrected chi connectivity index (χ1v) is 16.0. The highest BCUT2D eigenvalue weighted by Gasteiger charge is 2.25. The monoisotopic (exact) mass is 600 g/mol. The average molecular weight is 601 g/mol. The number of carbonyl (C=O) groups excluding carboxylic acids is 1. The fourth-order valence-electron chi connectivity index (χ4n) is 5.22. The van der Waals surface area contributed by atoms with E-state index in [-0.39, 0.29) is 5.97 Å². The van der Waals surface area contributed by atoms with Crippen LogP contribution in [0.25, 0.3) is 5.57 Å². The van der Waals surface area contributed by atoms with Gasteiger partial charge in [0.15, 0.2) is 0 Å². The van der Waals surface area contributed by atoms with Gasteiger partial charge in [-0.1, -0.05) is 17.7 Å². The molecule has 1 unspecified atom stereocenters. The first-order chi connectivity index (χ1) is 19.5. The molecule has 214 valence electrons. The predicted molar refractivity (Wildman–Crippen MR) is 164 cm³/mol. The molecule has 40 heavy (non-hydrogen) atoms. The molecular weight excluding hydrogens is 564 g/mol. The smallest absolute Gasteiger partial charge is 0.306 e. The largest absolute Gasteiger partial charge is 0.466 e. The zero-order valence-electron chi connectivity index (χ0n) is 22.8. The normalized spacial score (nSPS) is 21.1. The summed E-state index contributed by atoms with van der Waals surface area (Å²) < 4.78 is 4.97. The number of hydrogen-bond acceptors (Lipinski definition) is 8. The van der Waals surface area contributed by atoms with Gasteiger partial charge in [0.05, 0.1) is 17.3 Å². The van der Waals surface area contributed by atoms with Crippen molar-refractivity contribution >= 4 is 57.3 Å². The highest BCUT2D eigenvalue weighted by Crippen LogP contribution is 2.38. The molecule has 1 aromatic carbocycles. The fourth-order valence-corrected chi connectivity index (χ4v) is 6.86. The van der Waals surface area contributed by atoms with Crippen LogP contribution in [-0.2, 0) is 9.53 Å². The summed E-state index contributed by atoms with van der Waals surface area (Å²) in [5.41, 5.74) is 4.39. The summed E-state index contributed by atoms with van der Waals surface area (Å²) in [5, 5.41) is 16.5. The Morgan fingerprint density at radius 3 is 2.40 bits per heavy atom. The molecule has 2 aliphatic rings. The molecule has 0 bridgehead atoms. The molecule has 10 heteroatoms. The predicted octanol–water partition coefficient (Wildman–Crippen LogP) is 8.45.